The van der Waals surface area contributed by atoms with Crippen LogP contribution in [0, 0.1) is 6.92 Å². The Balaban J connectivity index is 1.50. The van der Waals surface area contributed by atoms with Gasteiger partial charge in [-0.05, 0) is 54.8 Å². The van der Waals surface area contributed by atoms with Crippen LogP contribution in [0.1, 0.15) is 27.2 Å². The Morgan fingerprint density at radius 2 is 1.90 bits per heavy atom. The van der Waals surface area contributed by atoms with Gasteiger partial charge in [0, 0.05) is 23.7 Å². The van der Waals surface area contributed by atoms with Gasteiger partial charge < -0.3 is 9.64 Å². The molecule has 2 aromatic heterocycles. The van der Waals surface area contributed by atoms with E-state index in [0.29, 0.717) is 42.0 Å². The van der Waals surface area contributed by atoms with Crippen LogP contribution in [0.3, 0.4) is 0 Å². The van der Waals surface area contributed by atoms with Gasteiger partial charge in [-0.1, -0.05) is 18.2 Å². The van der Waals surface area contributed by atoms with Crippen LogP contribution in [0.25, 0.3) is 16.9 Å². The normalized spacial score (nSPS) is 13.3. The van der Waals surface area contributed by atoms with Gasteiger partial charge in [-0.2, -0.15) is 0 Å². The molecule has 2 aromatic carbocycles. The molecule has 4 aromatic rings. The van der Waals surface area contributed by atoms with Gasteiger partial charge in [0.2, 0.25) is 0 Å². The lowest BCUT2D eigenvalue weighted by atomic mass is 10.0. The number of aryl methyl sites for hydroxylation is 1. The molecule has 3 heterocycles. The van der Waals surface area contributed by atoms with E-state index in [-0.39, 0.29) is 11.5 Å². The van der Waals surface area contributed by atoms with Crippen LogP contribution < -0.4 is 10.3 Å². The molecule has 0 aliphatic carbocycles. The Morgan fingerprint density at radius 1 is 1.13 bits per heavy atom. The van der Waals surface area contributed by atoms with Crippen molar-refractivity contribution in [3.05, 3.63) is 87.3 Å². The number of nitrogens with one attached hydrogen (secondary N) is 1. The first-order valence-electron chi connectivity index (χ1n) is 10.2. The SMILES string of the molecule is COc1ccc(-c2cc3nc4c(c(=O)n3[nH]2)CCN(C(=O)c2ccccc2C)C4)cc1. The second-order valence-corrected chi connectivity index (χ2v) is 7.73. The molecule has 1 aliphatic rings. The molecule has 156 valence electrons. The Kier molecular flexibility index (Phi) is 4.58. The summed E-state index contributed by atoms with van der Waals surface area (Å²) < 4.78 is 6.69. The van der Waals surface area contributed by atoms with Gasteiger partial charge in [0.15, 0.2) is 5.65 Å². The monoisotopic (exact) mass is 414 g/mol. The number of nitrogens with zero attached hydrogens (tertiary/aromatic N) is 3. The molecule has 31 heavy (non-hydrogen) atoms. The highest BCUT2D eigenvalue weighted by Gasteiger charge is 2.26. The van der Waals surface area contributed by atoms with Crippen LogP contribution in [0.2, 0.25) is 0 Å². The third-order valence-electron chi connectivity index (χ3n) is 5.83. The smallest absolute Gasteiger partial charge is 0.276 e. The molecule has 0 bridgehead atoms. The van der Waals surface area contributed by atoms with E-state index < -0.39 is 0 Å². The highest BCUT2D eigenvalue weighted by molar-refractivity contribution is 5.95. The second-order valence-electron chi connectivity index (χ2n) is 7.73. The molecule has 0 fully saturated rings. The van der Waals surface area contributed by atoms with E-state index in [1.807, 2.05) is 61.5 Å². The van der Waals surface area contributed by atoms with Crippen LogP contribution in [-0.2, 0) is 13.0 Å². The summed E-state index contributed by atoms with van der Waals surface area (Å²) in [4.78, 5) is 32.6. The number of benzene rings is 2. The molecule has 7 nitrogen and oxygen atoms in total. The third kappa shape index (κ3) is 3.28. The fraction of sp³-hybridized carbons (Fsp3) is 0.208. The Labute approximate surface area is 178 Å². The number of hydrogen-bond acceptors (Lipinski definition) is 4. The number of H-pyrrole nitrogens is 1. The van der Waals surface area contributed by atoms with Crippen molar-refractivity contribution in [3.8, 4) is 17.0 Å². The predicted octanol–water partition coefficient (Wildman–Crippen LogP) is 3.21. The van der Waals surface area contributed by atoms with E-state index in [1.54, 1.807) is 12.0 Å². The summed E-state index contributed by atoms with van der Waals surface area (Å²) in [5.74, 6) is 0.739. The maximum atomic E-state index is 13.1. The number of rotatable bonds is 3. The zero-order valence-electron chi connectivity index (χ0n) is 17.4. The van der Waals surface area contributed by atoms with Crippen LogP contribution in [0.4, 0.5) is 0 Å². The van der Waals surface area contributed by atoms with Crippen molar-refractivity contribution in [2.45, 2.75) is 19.9 Å². The lowest BCUT2D eigenvalue weighted by Gasteiger charge is -2.28. The van der Waals surface area contributed by atoms with Crippen molar-refractivity contribution >= 4 is 11.6 Å². The fourth-order valence-electron chi connectivity index (χ4n) is 4.07. The van der Waals surface area contributed by atoms with Crippen molar-refractivity contribution in [2.75, 3.05) is 13.7 Å². The van der Waals surface area contributed by atoms with Gasteiger partial charge in [0.05, 0.1) is 25.0 Å². The molecule has 1 aliphatic heterocycles. The van der Waals surface area contributed by atoms with E-state index in [0.717, 1.165) is 22.6 Å². The Hall–Kier alpha value is -3.87. The number of ether oxygens (including phenoxy) is 1. The molecule has 5 rings (SSSR count). The number of carbonyl (C=O) groups excluding carboxylic acids is 1. The molecular weight excluding hydrogens is 392 g/mol. The summed E-state index contributed by atoms with van der Waals surface area (Å²) in [6, 6.07) is 17.0. The highest BCUT2D eigenvalue weighted by atomic mass is 16.5. The molecule has 0 atom stereocenters. The first-order valence-corrected chi connectivity index (χ1v) is 10.2. The van der Waals surface area contributed by atoms with Crippen LogP contribution in [-0.4, -0.2) is 39.1 Å². The topological polar surface area (TPSA) is 79.7 Å². The standard InChI is InChI=1S/C24H22N4O3/c1-15-5-3-4-6-18(15)23(29)27-12-11-19-21(14-27)25-22-13-20(26-28(22)24(19)30)16-7-9-17(31-2)10-8-16/h3-10,13,26H,11-12,14H2,1-2H3. The van der Waals surface area contributed by atoms with Gasteiger partial charge in [0.25, 0.3) is 11.5 Å². The van der Waals surface area contributed by atoms with E-state index in [2.05, 4.69) is 5.10 Å². The number of amides is 1. The summed E-state index contributed by atoms with van der Waals surface area (Å²) in [5.41, 5.74) is 5.11. The zero-order chi connectivity index (χ0) is 21.5. The van der Waals surface area contributed by atoms with Crippen LogP contribution in [0.5, 0.6) is 5.75 Å². The van der Waals surface area contributed by atoms with Gasteiger partial charge in [-0.25, -0.2) is 9.50 Å². The third-order valence-corrected chi connectivity index (χ3v) is 5.83. The Morgan fingerprint density at radius 3 is 2.65 bits per heavy atom. The van der Waals surface area contributed by atoms with Crippen molar-refractivity contribution in [1.29, 1.82) is 0 Å². The lowest BCUT2D eigenvalue weighted by molar-refractivity contribution is 0.0730. The van der Waals surface area contributed by atoms with Gasteiger partial charge in [-0.3, -0.25) is 14.7 Å². The molecule has 0 radical (unpaired) electrons. The van der Waals surface area contributed by atoms with Gasteiger partial charge >= 0.3 is 0 Å². The molecule has 1 N–H and O–H groups in total. The molecular formula is C24H22N4O3. The van der Waals surface area contributed by atoms with E-state index in [1.165, 1.54) is 4.52 Å². The number of fused-ring (bicyclic) bond motifs is 2. The van der Waals surface area contributed by atoms with Gasteiger partial charge in [0.1, 0.15) is 5.75 Å². The second kappa shape index (κ2) is 7.43. The first kappa shape index (κ1) is 19.1. The summed E-state index contributed by atoms with van der Waals surface area (Å²) in [7, 11) is 1.62. The van der Waals surface area contributed by atoms with Crippen LogP contribution in [0.15, 0.2) is 59.4 Å². The van der Waals surface area contributed by atoms with E-state index in [4.69, 9.17) is 9.72 Å². The first-order chi connectivity index (χ1) is 15.0. The number of aromatic amines is 1. The summed E-state index contributed by atoms with van der Waals surface area (Å²) in [6.07, 6.45) is 0.485. The number of methoxy groups -OCH3 is 1. The number of carbonyl (C=O) groups is 1. The summed E-state index contributed by atoms with van der Waals surface area (Å²) in [6.45, 7) is 2.76. The minimum atomic E-state index is -0.109. The molecule has 0 spiro atoms. The van der Waals surface area contributed by atoms with E-state index in [9.17, 15) is 9.59 Å². The summed E-state index contributed by atoms with van der Waals surface area (Å²) in [5, 5.41) is 3.16. The van der Waals surface area contributed by atoms with Crippen molar-refractivity contribution < 1.29 is 9.53 Å². The highest BCUT2D eigenvalue weighted by Crippen LogP contribution is 2.23. The zero-order valence-corrected chi connectivity index (χ0v) is 17.4. The average Bonchev–Trinajstić information content (AvgIpc) is 3.23. The van der Waals surface area contributed by atoms with Gasteiger partial charge in [-0.15, -0.1) is 0 Å². The largest absolute Gasteiger partial charge is 0.497 e. The Bertz CT molecular complexity index is 1350. The average molecular weight is 414 g/mol. The number of aromatic nitrogens is 3. The predicted molar refractivity (Wildman–Crippen MR) is 117 cm³/mol. The number of hydrogen-bond donors (Lipinski definition) is 1. The molecule has 0 saturated heterocycles. The fourth-order valence-corrected chi connectivity index (χ4v) is 4.07. The minimum absolute atomic E-state index is 0.0289. The molecule has 7 heteroatoms. The molecule has 0 saturated carbocycles. The van der Waals surface area contributed by atoms with E-state index >= 15 is 0 Å². The quantitative estimate of drug-likeness (QED) is 0.558. The van der Waals surface area contributed by atoms with Crippen LogP contribution >= 0.6 is 0 Å². The maximum absolute atomic E-state index is 13.1. The molecule has 1 amide bonds. The minimum Gasteiger partial charge on any atom is -0.497 e. The maximum Gasteiger partial charge on any atom is 0.276 e. The van der Waals surface area contributed by atoms with Crippen molar-refractivity contribution in [3.63, 3.8) is 0 Å². The lowest BCUT2D eigenvalue weighted by Crippen LogP contribution is -2.40. The van der Waals surface area contributed by atoms with Crippen molar-refractivity contribution in [2.24, 2.45) is 0 Å². The van der Waals surface area contributed by atoms with Crippen molar-refractivity contribution in [1.82, 2.24) is 19.5 Å². The molecule has 0 unspecified atom stereocenters. The summed E-state index contributed by atoms with van der Waals surface area (Å²) >= 11 is 0.